The first kappa shape index (κ1) is 8.66. The summed E-state index contributed by atoms with van der Waals surface area (Å²) in [7, 11) is -0.838. The molecule has 3 unspecified atom stereocenters. The Morgan fingerprint density at radius 2 is 2.08 bits per heavy atom. The molecule has 2 rings (SSSR count). The molecule has 12 heavy (non-hydrogen) atoms. The first-order chi connectivity index (χ1) is 5.46. The molecule has 70 valence electrons. The largest absolute Gasteiger partial charge is 0.346 e. The van der Waals surface area contributed by atoms with E-state index in [4.69, 9.17) is 9.47 Å². The highest BCUT2D eigenvalue weighted by atomic mass is 32.2. The summed E-state index contributed by atoms with van der Waals surface area (Å²) in [4.78, 5) is 0. The molecule has 0 aromatic rings. The Labute approximate surface area is 74.9 Å². The van der Waals surface area contributed by atoms with Crippen LogP contribution in [0.2, 0.25) is 0 Å². The van der Waals surface area contributed by atoms with Crippen molar-refractivity contribution >= 4 is 10.8 Å². The maximum atomic E-state index is 11.7. The molecule has 3 atom stereocenters. The van der Waals surface area contributed by atoms with Crippen LogP contribution < -0.4 is 0 Å². The molecule has 2 aliphatic heterocycles. The zero-order valence-corrected chi connectivity index (χ0v) is 8.44. The monoisotopic (exact) mass is 190 g/mol. The molecule has 0 aromatic carbocycles. The van der Waals surface area contributed by atoms with Crippen LogP contribution in [0.15, 0.2) is 0 Å². The number of hydrogen-bond acceptors (Lipinski definition) is 3. The Morgan fingerprint density at radius 1 is 1.42 bits per heavy atom. The SMILES string of the molecule is CC12OCC(CS(=O)C1(C)C)O2. The molecule has 0 spiro atoms. The molecule has 2 aliphatic rings. The van der Waals surface area contributed by atoms with Crippen molar-refractivity contribution < 1.29 is 13.7 Å². The number of fused-ring (bicyclic) bond motifs is 2. The van der Waals surface area contributed by atoms with Crippen molar-refractivity contribution in [3.8, 4) is 0 Å². The van der Waals surface area contributed by atoms with Crippen molar-refractivity contribution in [2.24, 2.45) is 0 Å². The topological polar surface area (TPSA) is 35.5 Å². The normalized spacial score (nSPS) is 50.9. The Hall–Kier alpha value is 0.0700. The molecule has 2 heterocycles. The molecule has 4 heteroatoms. The molecule has 2 bridgehead atoms. The summed E-state index contributed by atoms with van der Waals surface area (Å²) < 4.78 is 22.5. The Kier molecular flexibility index (Phi) is 1.66. The van der Waals surface area contributed by atoms with Crippen molar-refractivity contribution in [3.63, 3.8) is 0 Å². The van der Waals surface area contributed by atoms with E-state index in [1.54, 1.807) is 0 Å². The van der Waals surface area contributed by atoms with Crippen LogP contribution in [0.5, 0.6) is 0 Å². The van der Waals surface area contributed by atoms with Gasteiger partial charge < -0.3 is 9.47 Å². The van der Waals surface area contributed by atoms with Crippen LogP contribution in [0.4, 0.5) is 0 Å². The van der Waals surface area contributed by atoms with Crippen molar-refractivity contribution in [1.29, 1.82) is 0 Å². The predicted octanol–water partition coefficient (Wildman–Crippen LogP) is 0.659. The van der Waals surface area contributed by atoms with Crippen LogP contribution >= 0.6 is 0 Å². The van der Waals surface area contributed by atoms with Gasteiger partial charge in [0, 0.05) is 10.8 Å². The molecule has 3 nitrogen and oxygen atoms in total. The van der Waals surface area contributed by atoms with Gasteiger partial charge >= 0.3 is 0 Å². The molecule has 0 radical (unpaired) electrons. The minimum atomic E-state index is -0.838. The van der Waals surface area contributed by atoms with Gasteiger partial charge in [0.2, 0.25) is 0 Å². The fourth-order valence-corrected chi connectivity index (χ4v) is 3.06. The van der Waals surface area contributed by atoms with E-state index in [-0.39, 0.29) is 10.9 Å². The maximum absolute atomic E-state index is 11.7. The standard InChI is InChI=1S/C8H14O3S/c1-7(2)8(3)10-4-6(11-8)5-12(7)9/h6H,4-5H2,1-3H3. The van der Waals surface area contributed by atoms with Gasteiger partial charge in [-0.2, -0.15) is 0 Å². The van der Waals surface area contributed by atoms with Gasteiger partial charge in [0.15, 0.2) is 5.79 Å². The lowest BCUT2D eigenvalue weighted by Gasteiger charge is -2.41. The lowest BCUT2D eigenvalue weighted by atomic mass is 10.0. The van der Waals surface area contributed by atoms with Gasteiger partial charge in [-0.05, 0) is 20.8 Å². The van der Waals surface area contributed by atoms with Gasteiger partial charge in [-0.25, -0.2) is 0 Å². The third-order valence-electron chi connectivity index (χ3n) is 2.94. The summed E-state index contributed by atoms with van der Waals surface area (Å²) in [5, 5.41) is 0. The summed E-state index contributed by atoms with van der Waals surface area (Å²) in [6.07, 6.45) is 0.0452. The lowest BCUT2D eigenvalue weighted by Crippen LogP contribution is -2.56. The average Bonchev–Trinajstić information content (AvgIpc) is 2.29. The first-order valence-corrected chi connectivity index (χ1v) is 5.48. The van der Waals surface area contributed by atoms with Crippen LogP contribution in [-0.2, 0) is 20.3 Å². The van der Waals surface area contributed by atoms with Crippen molar-refractivity contribution in [1.82, 2.24) is 0 Å². The van der Waals surface area contributed by atoms with Gasteiger partial charge in [-0.1, -0.05) is 0 Å². The number of rotatable bonds is 0. The van der Waals surface area contributed by atoms with E-state index >= 15 is 0 Å². The zero-order chi connectivity index (χ0) is 8.98. The number of ether oxygens (including phenoxy) is 2. The highest BCUT2D eigenvalue weighted by Crippen LogP contribution is 2.42. The smallest absolute Gasteiger partial charge is 0.182 e. The molecular weight excluding hydrogens is 176 g/mol. The fourth-order valence-electron chi connectivity index (χ4n) is 1.62. The molecule has 0 N–H and O–H groups in total. The van der Waals surface area contributed by atoms with E-state index in [0.29, 0.717) is 12.4 Å². The minimum Gasteiger partial charge on any atom is -0.346 e. The highest BCUT2D eigenvalue weighted by molar-refractivity contribution is 7.86. The molecule has 2 saturated heterocycles. The summed E-state index contributed by atoms with van der Waals surface area (Å²) in [5.74, 6) is -0.0244. The second-order valence-corrected chi connectivity index (χ2v) is 6.06. The summed E-state index contributed by atoms with van der Waals surface area (Å²) >= 11 is 0. The molecule has 2 fully saturated rings. The van der Waals surface area contributed by atoms with Gasteiger partial charge in [0.1, 0.15) is 0 Å². The molecule has 0 aromatic heterocycles. The molecular formula is C8H14O3S. The quantitative estimate of drug-likeness (QED) is 0.563. The Bertz CT molecular complexity index is 238. The van der Waals surface area contributed by atoms with E-state index in [0.717, 1.165) is 0 Å². The van der Waals surface area contributed by atoms with E-state index < -0.39 is 16.6 Å². The lowest BCUT2D eigenvalue weighted by molar-refractivity contribution is -0.175. The Balaban J connectivity index is 2.38. The van der Waals surface area contributed by atoms with Crippen LogP contribution in [-0.4, -0.2) is 33.2 Å². The third-order valence-corrected chi connectivity index (χ3v) is 5.12. The van der Waals surface area contributed by atoms with Crippen LogP contribution in [0.1, 0.15) is 20.8 Å². The summed E-state index contributed by atoms with van der Waals surface area (Å²) in [6.45, 7) is 6.34. The minimum absolute atomic E-state index is 0.0452. The van der Waals surface area contributed by atoms with Crippen LogP contribution in [0.3, 0.4) is 0 Å². The van der Waals surface area contributed by atoms with Gasteiger partial charge in [-0.15, -0.1) is 0 Å². The molecule has 0 saturated carbocycles. The van der Waals surface area contributed by atoms with Gasteiger partial charge in [0.25, 0.3) is 0 Å². The predicted molar refractivity (Wildman–Crippen MR) is 46.3 cm³/mol. The van der Waals surface area contributed by atoms with Crippen molar-refractivity contribution in [2.45, 2.75) is 37.4 Å². The van der Waals surface area contributed by atoms with Crippen molar-refractivity contribution in [2.75, 3.05) is 12.4 Å². The zero-order valence-electron chi connectivity index (χ0n) is 7.62. The molecule has 0 aliphatic carbocycles. The second-order valence-electron chi connectivity index (χ2n) is 4.02. The van der Waals surface area contributed by atoms with E-state index in [9.17, 15) is 4.21 Å². The first-order valence-electron chi connectivity index (χ1n) is 4.16. The fraction of sp³-hybridized carbons (Fsp3) is 1.00. The maximum Gasteiger partial charge on any atom is 0.182 e. The van der Waals surface area contributed by atoms with Crippen LogP contribution in [0.25, 0.3) is 0 Å². The summed E-state index contributed by atoms with van der Waals surface area (Å²) in [6, 6.07) is 0. The summed E-state index contributed by atoms with van der Waals surface area (Å²) in [5.41, 5.74) is 0. The van der Waals surface area contributed by atoms with Gasteiger partial charge in [-0.3, -0.25) is 4.21 Å². The van der Waals surface area contributed by atoms with E-state index in [1.165, 1.54) is 0 Å². The van der Waals surface area contributed by atoms with E-state index in [2.05, 4.69) is 0 Å². The molecule has 0 amide bonds. The third kappa shape index (κ3) is 0.916. The van der Waals surface area contributed by atoms with Crippen LogP contribution in [0, 0.1) is 0 Å². The number of hydrogen-bond donors (Lipinski definition) is 0. The van der Waals surface area contributed by atoms with Crippen molar-refractivity contribution in [3.05, 3.63) is 0 Å². The van der Waals surface area contributed by atoms with Gasteiger partial charge in [0.05, 0.1) is 23.2 Å². The second kappa shape index (κ2) is 2.30. The van der Waals surface area contributed by atoms with E-state index in [1.807, 2.05) is 20.8 Å². The highest BCUT2D eigenvalue weighted by Gasteiger charge is 2.57. The Morgan fingerprint density at radius 3 is 2.75 bits per heavy atom. The average molecular weight is 190 g/mol.